The number of nitrogens with zero attached hydrogens (tertiary/aromatic N) is 4. The molecule has 32 heavy (non-hydrogen) atoms. The maximum atomic E-state index is 13.0. The van der Waals surface area contributed by atoms with Crippen LogP contribution >= 0.6 is 11.6 Å². The molecule has 1 fully saturated rings. The van der Waals surface area contributed by atoms with Gasteiger partial charge >= 0.3 is 0 Å². The van der Waals surface area contributed by atoms with Gasteiger partial charge in [-0.2, -0.15) is 5.10 Å². The number of carbonyl (C=O) groups excluding carboxylic acids is 1. The Bertz CT molecular complexity index is 1100. The molecule has 0 radical (unpaired) electrons. The summed E-state index contributed by atoms with van der Waals surface area (Å²) < 4.78 is 1.90. The third-order valence-electron chi connectivity index (χ3n) is 5.64. The molecular weight excluding hydrogens is 424 g/mol. The molecule has 1 atom stereocenters. The van der Waals surface area contributed by atoms with Gasteiger partial charge in [0.15, 0.2) is 0 Å². The fourth-order valence-electron chi connectivity index (χ4n) is 4.03. The molecule has 7 nitrogen and oxygen atoms in total. The molecule has 168 valence electrons. The normalized spacial score (nSPS) is 16.6. The van der Waals surface area contributed by atoms with Crippen molar-refractivity contribution in [1.82, 2.24) is 25.0 Å². The van der Waals surface area contributed by atoms with Gasteiger partial charge in [-0.05, 0) is 30.0 Å². The number of nitrogen functional groups attached to an aromatic ring is 1. The van der Waals surface area contributed by atoms with E-state index in [9.17, 15) is 4.79 Å². The van der Waals surface area contributed by atoms with E-state index in [0.717, 1.165) is 54.3 Å². The Hall–Kier alpha value is -2.90. The van der Waals surface area contributed by atoms with E-state index in [1.165, 1.54) is 0 Å². The first-order chi connectivity index (χ1) is 15.4. The van der Waals surface area contributed by atoms with Gasteiger partial charge in [0.25, 0.3) is 5.91 Å². The summed E-state index contributed by atoms with van der Waals surface area (Å²) in [4.78, 5) is 19.5. The highest BCUT2D eigenvalue weighted by atomic mass is 35.5. The van der Waals surface area contributed by atoms with Crippen LogP contribution in [0, 0.1) is 5.92 Å². The van der Waals surface area contributed by atoms with Crippen molar-refractivity contribution < 1.29 is 4.79 Å². The number of nitrogens with two attached hydrogens (primary N) is 1. The summed E-state index contributed by atoms with van der Waals surface area (Å²) in [6, 6.07) is 9.72. The van der Waals surface area contributed by atoms with Gasteiger partial charge in [-0.25, -0.2) is 4.98 Å². The number of rotatable bonds is 7. The molecule has 0 bridgehead atoms. The third-order valence-corrected chi connectivity index (χ3v) is 6.01. The highest BCUT2D eigenvalue weighted by Gasteiger charge is 2.25. The molecule has 3 heterocycles. The molecule has 0 spiro atoms. The largest absolute Gasteiger partial charge is 0.383 e. The lowest BCUT2D eigenvalue weighted by Gasteiger charge is -2.18. The average Bonchev–Trinajstić information content (AvgIpc) is 3.39. The van der Waals surface area contributed by atoms with Crippen molar-refractivity contribution in [1.29, 1.82) is 0 Å². The van der Waals surface area contributed by atoms with Crippen molar-refractivity contribution in [2.24, 2.45) is 5.92 Å². The second kappa shape index (κ2) is 9.71. The second-order valence-corrected chi connectivity index (χ2v) is 9.19. The van der Waals surface area contributed by atoms with Gasteiger partial charge in [-0.1, -0.05) is 43.6 Å². The number of carbonyl (C=O) groups is 1. The Morgan fingerprint density at radius 3 is 2.88 bits per heavy atom. The first-order valence-corrected chi connectivity index (χ1v) is 11.3. The number of anilines is 1. The summed E-state index contributed by atoms with van der Waals surface area (Å²) in [6.07, 6.45) is 6.33. The van der Waals surface area contributed by atoms with Crippen LogP contribution < -0.4 is 11.1 Å². The molecule has 4 rings (SSSR count). The van der Waals surface area contributed by atoms with E-state index >= 15 is 0 Å². The van der Waals surface area contributed by atoms with Crippen molar-refractivity contribution >= 4 is 23.3 Å². The maximum Gasteiger partial charge on any atom is 0.255 e. The van der Waals surface area contributed by atoms with Gasteiger partial charge in [0.05, 0.1) is 11.8 Å². The summed E-state index contributed by atoms with van der Waals surface area (Å²) in [5.74, 6) is 0.528. The Labute approximate surface area is 193 Å². The van der Waals surface area contributed by atoms with Crippen LogP contribution in [0.3, 0.4) is 0 Å². The number of amides is 1. The smallest absolute Gasteiger partial charge is 0.255 e. The van der Waals surface area contributed by atoms with Crippen LogP contribution in [0.4, 0.5) is 5.82 Å². The van der Waals surface area contributed by atoms with Gasteiger partial charge in [0.1, 0.15) is 5.82 Å². The van der Waals surface area contributed by atoms with Crippen LogP contribution in [0.25, 0.3) is 11.1 Å². The monoisotopic (exact) mass is 452 g/mol. The first-order valence-electron chi connectivity index (χ1n) is 10.9. The molecule has 0 saturated carbocycles. The second-order valence-electron chi connectivity index (χ2n) is 8.79. The molecule has 0 aliphatic carbocycles. The van der Waals surface area contributed by atoms with E-state index in [1.54, 1.807) is 18.5 Å². The molecule has 3 aromatic rings. The number of halogens is 1. The highest BCUT2D eigenvalue weighted by Crippen LogP contribution is 2.23. The van der Waals surface area contributed by atoms with Gasteiger partial charge in [-0.15, -0.1) is 0 Å². The topological polar surface area (TPSA) is 89.1 Å². The number of pyridine rings is 1. The Kier molecular flexibility index (Phi) is 6.77. The third kappa shape index (κ3) is 5.29. The molecule has 3 N–H and O–H groups in total. The zero-order valence-corrected chi connectivity index (χ0v) is 19.2. The van der Waals surface area contributed by atoms with Gasteiger partial charge < -0.3 is 11.1 Å². The predicted octanol–water partition coefficient (Wildman–Crippen LogP) is 3.84. The van der Waals surface area contributed by atoms with Crippen molar-refractivity contribution in [2.75, 3.05) is 18.8 Å². The lowest BCUT2D eigenvalue weighted by atomic mass is 10.1. The van der Waals surface area contributed by atoms with E-state index in [-0.39, 0.29) is 17.8 Å². The Morgan fingerprint density at radius 2 is 2.09 bits per heavy atom. The summed E-state index contributed by atoms with van der Waals surface area (Å²) >= 11 is 6.29. The number of hydrogen-bond donors (Lipinski definition) is 2. The molecule has 8 heteroatoms. The highest BCUT2D eigenvalue weighted by molar-refractivity contribution is 6.31. The van der Waals surface area contributed by atoms with Gasteiger partial charge in [0, 0.05) is 60.8 Å². The van der Waals surface area contributed by atoms with Crippen molar-refractivity contribution in [3.63, 3.8) is 0 Å². The zero-order chi connectivity index (χ0) is 22.7. The molecule has 1 amide bonds. The molecule has 1 aliphatic rings. The molecule has 1 aromatic carbocycles. The number of likely N-dealkylation sites (tertiary alicyclic amines) is 1. The minimum Gasteiger partial charge on any atom is -0.383 e. The SMILES string of the molecule is CC(C)Cn1cc(-c2cnc(N)c(C(=O)N[C@@H]3CCN(Cc4ccccc4Cl)C3)c2)cn1. The summed E-state index contributed by atoms with van der Waals surface area (Å²) in [5.41, 5.74) is 9.27. The summed E-state index contributed by atoms with van der Waals surface area (Å²) in [5, 5.41) is 8.30. The Morgan fingerprint density at radius 1 is 1.28 bits per heavy atom. The van der Waals surface area contributed by atoms with E-state index in [4.69, 9.17) is 17.3 Å². The first kappa shape index (κ1) is 22.3. The van der Waals surface area contributed by atoms with Gasteiger partial charge in [-0.3, -0.25) is 14.4 Å². The zero-order valence-electron chi connectivity index (χ0n) is 18.5. The standard InChI is InChI=1S/C24H29ClN6O/c1-16(2)12-31-14-19(11-28-31)18-9-21(23(26)27-10-18)24(32)29-20-7-8-30(15-20)13-17-5-3-4-6-22(17)25/h3-6,9-11,14,16,20H,7-8,12-13,15H2,1-2H3,(H2,26,27)(H,29,32)/t20-/m1/s1. The minimum absolute atomic E-state index is 0.0573. The van der Waals surface area contributed by atoms with Crippen molar-refractivity contribution in [3.8, 4) is 11.1 Å². The fourth-order valence-corrected chi connectivity index (χ4v) is 4.22. The van der Waals surface area contributed by atoms with E-state index in [2.05, 4.69) is 34.1 Å². The molecule has 2 aromatic heterocycles. The molecule has 1 aliphatic heterocycles. The van der Waals surface area contributed by atoms with Crippen molar-refractivity contribution in [3.05, 3.63) is 65.1 Å². The van der Waals surface area contributed by atoms with Gasteiger partial charge in [0.2, 0.25) is 0 Å². The Balaban J connectivity index is 1.41. The molecular formula is C24H29ClN6O. The van der Waals surface area contributed by atoms with Crippen LogP contribution in [0.5, 0.6) is 0 Å². The van der Waals surface area contributed by atoms with Crippen LogP contribution in [0.1, 0.15) is 36.2 Å². The van der Waals surface area contributed by atoms with Crippen LogP contribution in [0.2, 0.25) is 5.02 Å². The molecule has 0 unspecified atom stereocenters. The maximum absolute atomic E-state index is 13.0. The van der Waals surface area contributed by atoms with Crippen molar-refractivity contribution in [2.45, 2.75) is 39.4 Å². The fraction of sp³-hybridized carbons (Fsp3) is 0.375. The van der Waals surface area contributed by atoms with Crippen LogP contribution in [-0.4, -0.2) is 44.7 Å². The number of hydrogen-bond acceptors (Lipinski definition) is 5. The lowest BCUT2D eigenvalue weighted by molar-refractivity contribution is 0.0938. The average molecular weight is 453 g/mol. The summed E-state index contributed by atoms with van der Waals surface area (Å²) in [7, 11) is 0. The van der Waals surface area contributed by atoms with E-state index < -0.39 is 0 Å². The lowest BCUT2D eigenvalue weighted by Crippen LogP contribution is -2.37. The van der Waals surface area contributed by atoms with E-state index in [0.29, 0.717) is 11.5 Å². The van der Waals surface area contributed by atoms with E-state index in [1.807, 2.05) is 35.1 Å². The summed E-state index contributed by atoms with van der Waals surface area (Å²) in [6.45, 7) is 7.57. The minimum atomic E-state index is -0.198. The quantitative estimate of drug-likeness (QED) is 0.568. The number of aromatic nitrogens is 3. The predicted molar refractivity (Wildman–Crippen MR) is 127 cm³/mol. The number of benzene rings is 1. The van der Waals surface area contributed by atoms with Crippen LogP contribution in [-0.2, 0) is 13.1 Å². The molecule has 1 saturated heterocycles. The van der Waals surface area contributed by atoms with Crippen LogP contribution in [0.15, 0.2) is 48.9 Å². The number of nitrogens with one attached hydrogen (secondary N) is 1.